The Morgan fingerprint density at radius 2 is 1.65 bits per heavy atom. The maximum Gasteiger partial charge on any atom is 0.376 e. The number of rotatable bonds is 7. The van der Waals surface area contributed by atoms with E-state index in [1.165, 1.54) is 42.6 Å². The number of aliphatic hydroxyl groups is 1. The van der Waals surface area contributed by atoms with Crippen molar-refractivity contribution in [2.75, 3.05) is 0 Å². The Morgan fingerprint density at radius 1 is 0.968 bits per heavy atom. The van der Waals surface area contributed by atoms with Crippen LogP contribution >= 0.6 is 0 Å². The molecule has 2 aromatic carbocycles. The Labute approximate surface area is 175 Å². The molecule has 8 heteroatoms. The van der Waals surface area contributed by atoms with Crippen LogP contribution in [0.25, 0.3) is 5.76 Å². The minimum absolute atomic E-state index is 0.157. The first-order chi connectivity index (χ1) is 14.7. The standard InChI is InChI=1S/C23H17F2NO5/c24-17-7-5-14(6-8-17)9-15-10-18(20(27)11-21(28)23(30)31)22(29)26(12-15)13-16-3-1-2-4-19(16)25/h1-8,10-12,27H,9,13H2,(H,30,31)/b20-11-. The summed E-state index contributed by atoms with van der Waals surface area (Å²) < 4.78 is 28.4. The van der Waals surface area contributed by atoms with Crippen LogP contribution in [0.4, 0.5) is 8.78 Å². The third kappa shape index (κ3) is 5.30. The molecule has 0 saturated heterocycles. The van der Waals surface area contributed by atoms with E-state index in [0.717, 1.165) is 4.57 Å². The quantitative estimate of drug-likeness (QED) is 0.344. The summed E-state index contributed by atoms with van der Waals surface area (Å²) in [6.45, 7) is -0.157. The number of hydrogen-bond acceptors (Lipinski definition) is 4. The van der Waals surface area contributed by atoms with Gasteiger partial charge in [0.15, 0.2) is 0 Å². The highest BCUT2D eigenvalue weighted by Crippen LogP contribution is 2.16. The van der Waals surface area contributed by atoms with E-state index in [0.29, 0.717) is 17.2 Å². The molecular weight excluding hydrogens is 408 g/mol. The number of aliphatic hydroxyl groups excluding tert-OH is 1. The summed E-state index contributed by atoms with van der Waals surface area (Å²) in [7, 11) is 0. The van der Waals surface area contributed by atoms with Gasteiger partial charge in [0, 0.05) is 17.8 Å². The van der Waals surface area contributed by atoms with E-state index >= 15 is 0 Å². The highest BCUT2D eigenvalue weighted by atomic mass is 19.1. The van der Waals surface area contributed by atoms with Crippen molar-refractivity contribution in [3.05, 3.63) is 111 Å². The minimum atomic E-state index is -1.79. The molecule has 0 radical (unpaired) electrons. The SMILES string of the molecule is O=C(O)C(=O)/C=C(\O)c1cc(Cc2ccc(F)cc2)cn(Cc2ccccc2F)c1=O. The summed E-state index contributed by atoms with van der Waals surface area (Å²) in [6, 6.07) is 12.8. The third-order valence-corrected chi connectivity index (χ3v) is 4.52. The second kappa shape index (κ2) is 9.17. The van der Waals surface area contributed by atoms with Crippen LogP contribution in [-0.4, -0.2) is 26.5 Å². The van der Waals surface area contributed by atoms with E-state index in [9.17, 15) is 28.3 Å². The average Bonchev–Trinajstić information content (AvgIpc) is 2.73. The van der Waals surface area contributed by atoms with Crippen molar-refractivity contribution in [1.82, 2.24) is 4.57 Å². The van der Waals surface area contributed by atoms with Crippen LogP contribution in [-0.2, 0) is 22.6 Å². The lowest BCUT2D eigenvalue weighted by Gasteiger charge is -2.13. The van der Waals surface area contributed by atoms with Gasteiger partial charge < -0.3 is 14.8 Å². The molecule has 2 N–H and O–H groups in total. The lowest BCUT2D eigenvalue weighted by atomic mass is 10.0. The number of nitrogens with zero attached hydrogens (tertiary/aromatic N) is 1. The first-order valence-corrected chi connectivity index (χ1v) is 9.14. The summed E-state index contributed by atoms with van der Waals surface area (Å²) in [5.74, 6) is -4.95. The predicted molar refractivity (Wildman–Crippen MR) is 109 cm³/mol. The Bertz CT molecular complexity index is 1230. The number of halogens is 2. The normalized spacial score (nSPS) is 11.4. The molecular formula is C23H17F2NO5. The van der Waals surface area contributed by atoms with E-state index in [2.05, 4.69) is 0 Å². The highest BCUT2D eigenvalue weighted by molar-refractivity contribution is 6.38. The highest BCUT2D eigenvalue weighted by Gasteiger charge is 2.16. The molecule has 31 heavy (non-hydrogen) atoms. The predicted octanol–water partition coefficient (Wildman–Crippen LogP) is 3.32. The van der Waals surface area contributed by atoms with Gasteiger partial charge in [-0.05, 0) is 41.8 Å². The van der Waals surface area contributed by atoms with Gasteiger partial charge in [0.05, 0.1) is 12.1 Å². The van der Waals surface area contributed by atoms with Crippen molar-refractivity contribution < 1.29 is 28.6 Å². The molecule has 1 aromatic heterocycles. The number of carbonyl (C=O) groups excluding carboxylic acids is 1. The van der Waals surface area contributed by atoms with Crippen LogP contribution in [0.2, 0.25) is 0 Å². The number of hydrogen-bond donors (Lipinski definition) is 2. The van der Waals surface area contributed by atoms with Crippen molar-refractivity contribution in [2.45, 2.75) is 13.0 Å². The lowest BCUT2D eigenvalue weighted by molar-refractivity contribution is -0.146. The zero-order chi connectivity index (χ0) is 22.5. The van der Waals surface area contributed by atoms with Crippen LogP contribution in [0.1, 0.15) is 22.3 Å². The summed E-state index contributed by atoms with van der Waals surface area (Å²) in [4.78, 5) is 35.1. The number of carboxylic acids is 1. The number of carboxylic acid groups (broad SMARTS) is 1. The lowest BCUT2D eigenvalue weighted by Crippen LogP contribution is -2.25. The fourth-order valence-corrected chi connectivity index (χ4v) is 3.01. The molecule has 0 spiro atoms. The number of carbonyl (C=O) groups is 2. The van der Waals surface area contributed by atoms with Crippen molar-refractivity contribution in [1.29, 1.82) is 0 Å². The molecule has 0 aliphatic heterocycles. The summed E-state index contributed by atoms with van der Waals surface area (Å²) in [6.07, 6.45) is 2.15. The van der Waals surface area contributed by atoms with E-state index in [-0.39, 0.29) is 24.1 Å². The molecule has 1 heterocycles. The van der Waals surface area contributed by atoms with Crippen LogP contribution in [0.3, 0.4) is 0 Å². The van der Waals surface area contributed by atoms with Gasteiger partial charge in [-0.15, -0.1) is 0 Å². The van der Waals surface area contributed by atoms with Crippen LogP contribution in [0, 0.1) is 11.6 Å². The largest absolute Gasteiger partial charge is 0.507 e. The van der Waals surface area contributed by atoms with Gasteiger partial charge in [-0.2, -0.15) is 0 Å². The molecule has 158 valence electrons. The monoisotopic (exact) mass is 425 g/mol. The van der Waals surface area contributed by atoms with E-state index in [4.69, 9.17) is 5.11 Å². The Hall–Kier alpha value is -4.07. The smallest absolute Gasteiger partial charge is 0.376 e. The first kappa shape index (κ1) is 21.6. The van der Waals surface area contributed by atoms with Gasteiger partial charge in [0.25, 0.3) is 11.3 Å². The van der Waals surface area contributed by atoms with Crippen molar-refractivity contribution in [3.8, 4) is 0 Å². The molecule has 0 unspecified atom stereocenters. The van der Waals surface area contributed by atoms with Crippen LogP contribution in [0.5, 0.6) is 0 Å². The Balaban J connectivity index is 2.09. The third-order valence-electron chi connectivity index (χ3n) is 4.52. The average molecular weight is 425 g/mol. The van der Waals surface area contributed by atoms with Gasteiger partial charge in [-0.25, -0.2) is 13.6 Å². The molecule has 0 bridgehead atoms. The summed E-state index contributed by atoms with van der Waals surface area (Å²) >= 11 is 0. The van der Waals surface area contributed by atoms with Crippen LogP contribution < -0.4 is 5.56 Å². The Kier molecular flexibility index (Phi) is 6.40. The number of ketones is 1. The van der Waals surface area contributed by atoms with Gasteiger partial charge in [-0.3, -0.25) is 9.59 Å². The topological polar surface area (TPSA) is 96.6 Å². The molecule has 0 amide bonds. The first-order valence-electron chi connectivity index (χ1n) is 9.14. The molecule has 0 saturated carbocycles. The molecule has 0 atom stereocenters. The minimum Gasteiger partial charge on any atom is -0.507 e. The van der Waals surface area contributed by atoms with Crippen molar-refractivity contribution in [2.24, 2.45) is 0 Å². The molecule has 0 aliphatic carbocycles. The van der Waals surface area contributed by atoms with Crippen molar-refractivity contribution >= 4 is 17.5 Å². The molecule has 3 aromatic rings. The van der Waals surface area contributed by atoms with Gasteiger partial charge in [0.2, 0.25) is 0 Å². The van der Waals surface area contributed by atoms with Gasteiger partial charge in [0.1, 0.15) is 17.4 Å². The van der Waals surface area contributed by atoms with E-state index in [1.807, 2.05) is 0 Å². The fourth-order valence-electron chi connectivity index (χ4n) is 3.01. The van der Waals surface area contributed by atoms with E-state index < -0.39 is 34.7 Å². The number of pyridine rings is 1. The number of benzene rings is 2. The Morgan fingerprint density at radius 3 is 2.29 bits per heavy atom. The second-order valence-electron chi connectivity index (χ2n) is 6.79. The maximum atomic E-state index is 14.1. The summed E-state index contributed by atoms with van der Waals surface area (Å²) in [5, 5.41) is 19.0. The fraction of sp³-hybridized carbons (Fsp3) is 0.0870. The number of aromatic nitrogens is 1. The molecule has 6 nitrogen and oxygen atoms in total. The molecule has 0 aliphatic rings. The molecule has 0 fully saturated rings. The number of aliphatic carboxylic acids is 1. The zero-order valence-electron chi connectivity index (χ0n) is 16.1. The van der Waals surface area contributed by atoms with Gasteiger partial charge in [-0.1, -0.05) is 30.3 Å². The summed E-state index contributed by atoms with van der Waals surface area (Å²) in [5.41, 5.74) is 0.372. The van der Waals surface area contributed by atoms with Crippen molar-refractivity contribution in [3.63, 3.8) is 0 Å². The van der Waals surface area contributed by atoms with Gasteiger partial charge >= 0.3 is 5.97 Å². The van der Waals surface area contributed by atoms with Crippen LogP contribution in [0.15, 0.2) is 71.7 Å². The maximum absolute atomic E-state index is 14.1. The molecule has 3 rings (SSSR count). The zero-order valence-corrected chi connectivity index (χ0v) is 16.1. The second-order valence-corrected chi connectivity index (χ2v) is 6.79. The van der Waals surface area contributed by atoms with E-state index in [1.54, 1.807) is 18.2 Å².